The first-order valence-corrected chi connectivity index (χ1v) is 12.8. The lowest BCUT2D eigenvalue weighted by Gasteiger charge is -2.16. The number of furan rings is 1. The van der Waals surface area contributed by atoms with Gasteiger partial charge in [-0.2, -0.15) is 0 Å². The predicted molar refractivity (Wildman–Crippen MR) is 143 cm³/mol. The third-order valence-corrected chi connectivity index (χ3v) is 7.47. The first-order valence-electron chi connectivity index (χ1n) is 11.2. The predicted octanol–water partition coefficient (Wildman–Crippen LogP) is 6.10. The fourth-order valence-corrected chi connectivity index (χ4v) is 5.69. The maximum Gasteiger partial charge on any atom is 0.269 e. The first-order chi connectivity index (χ1) is 17.7. The molecule has 0 fully saturated rings. The number of nitrogens with zero attached hydrogens (tertiary/aromatic N) is 1. The van der Waals surface area contributed by atoms with Gasteiger partial charge in [-0.15, -0.1) is 11.3 Å². The van der Waals surface area contributed by atoms with Crippen LogP contribution < -0.4 is 10.6 Å². The zero-order chi connectivity index (χ0) is 24.7. The standard InChI is InChI=1S/C28H21N3O3S2/c32-26(20-12-5-2-6-13-20)31-24(27(33)29-18-21-14-9-17-34-21)25(19-10-3-1-4-11-19)36-28-30-22-15-7-8-16-23(22)35-28/h1-17H,18H2,(H,29,33)(H,31,32)/b25-24+. The van der Waals surface area contributed by atoms with Gasteiger partial charge in [0.05, 0.1) is 27.9 Å². The van der Waals surface area contributed by atoms with Crippen molar-refractivity contribution in [1.29, 1.82) is 0 Å². The number of aromatic nitrogens is 1. The molecule has 3 aromatic carbocycles. The van der Waals surface area contributed by atoms with Crippen LogP contribution in [0.1, 0.15) is 21.7 Å². The van der Waals surface area contributed by atoms with Gasteiger partial charge in [0.2, 0.25) is 0 Å². The van der Waals surface area contributed by atoms with Gasteiger partial charge in [-0.1, -0.05) is 72.4 Å². The number of nitrogens with one attached hydrogen (secondary N) is 2. The van der Waals surface area contributed by atoms with E-state index >= 15 is 0 Å². The minimum absolute atomic E-state index is 0.144. The normalized spacial score (nSPS) is 11.7. The van der Waals surface area contributed by atoms with E-state index in [0.29, 0.717) is 16.2 Å². The van der Waals surface area contributed by atoms with Crippen LogP contribution >= 0.6 is 23.1 Å². The second-order valence-electron chi connectivity index (χ2n) is 7.70. The molecule has 8 heteroatoms. The Bertz CT molecular complexity index is 1480. The van der Waals surface area contributed by atoms with E-state index < -0.39 is 5.91 Å². The molecule has 0 saturated carbocycles. The van der Waals surface area contributed by atoms with Crippen LogP contribution in [0.15, 0.2) is 118 Å². The third-order valence-electron chi connectivity index (χ3n) is 5.23. The van der Waals surface area contributed by atoms with Crippen molar-refractivity contribution >= 4 is 50.0 Å². The van der Waals surface area contributed by atoms with Gasteiger partial charge < -0.3 is 15.1 Å². The molecule has 2 amide bonds. The number of fused-ring (bicyclic) bond motifs is 1. The van der Waals surface area contributed by atoms with Crippen molar-refractivity contribution in [1.82, 2.24) is 15.6 Å². The quantitative estimate of drug-likeness (QED) is 0.194. The highest BCUT2D eigenvalue weighted by Crippen LogP contribution is 2.40. The molecule has 5 aromatic rings. The number of carbonyl (C=O) groups is 2. The lowest BCUT2D eigenvalue weighted by atomic mass is 10.1. The van der Waals surface area contributed by atoms with E-state index in [1.165, 1.54) is 23.1 Å². The number of amides is 2. The second-order valence-corrected chi connectivity index (χ2v) is 9.99. The van der Waals surface area contributed by atoms with Crippen LogP contribution in [0.4, 0.5) is 0 Å². The first kappa shape index (κ1) is 23.6. The summed E-state index contributed by atoms with van der Waals surface area (Å²) in [5.41, 5.74) is 2.27. The highest BCUT2D eigenvalue weighted by atomic mass is 32.2. The molecule has 0 saturated heterocycles. The van der Waals surface area contributed by atoms with Crippen molar-refractivity contribution in [2.24, 2.45) is 0 Å². The largest absolute Gasteiger partial charge is 0.467 e. The van der Waals surface area contributed by atoms with E-state index in [9.17, 15) is 9.59 Å². The third kappa shape index (κ3) is 5.56. The molecule has 5 rings (SSSR count). The summed E-state index contributed by atoms with van der Waals surface area (Å²) >= 11 is 2.89. The summed E-state index contributed by atoms with van der Waals surface area (Å²) < 4.78 is 7.17. The molecule has 0 aliphatic carbocycles. The second kappa shape index (κ2) is 11.1. The number of hydrogen-bond acceptors (Lipinski definition) is 6. The zero-order valence-electron chi connectivity index (χ0n) is 19.0. The molecule has 0 spiro atoms. The Labute approximate surface area is 216 Å². The smallest absolute Gasteiger partial charge is 0.269 e. The van der Waals surface area contributed by atoms with Crippen LogP contribution in [0.2, 0.25) is 0 Å². The number of para-hydroxylation sites is 1. The number of thiazole rings is 1. The number of carbonyl (C=O) groups excluding carboxylic acids is 2. The summed E-state index contributed by atoms with van der Waals surface area (Å²) in [6.07, 6.45) is 1.55. The van der Waals surface area contributed by atoms with Crippen molar-refractivity contribution in [2.45, 2.75) is 10.9 Å². The van der Waals surface area contributed by atoms with Gasteiger partial charge >= 0.3 is 0 Å². The van der Waals surface area contributed by atoms with Crippen LogP contribution in [-0.2, 0) is 11.3 Å². The molecular formula is C28H21N3O3S2. The van der Waals surface area contributed by atoms with Crippen LogP contribution in [0.3, 0.4) is 0 Å². The molecule has 0 aliphatic rings. The minimum Gasteiger partial charge on any atom is -0.467 e. The maximum absolute atomic E-state index is 13.5. The Kier molecular flexibility index (Phi) is 7.25. The van der Waals surface area contributed by atoms with E-state index in [2.05, 4.69) is 10.6 Å². The Morgan fingerprint density at radius 3 is 2.22 bits per heavy atom. The van der Waals surface area contributed by atoms with Crippen molar-refractivity contribution in [3.63, 3.8) is 0 Å². The summed E-state index contributed by atoms with van der Waals surface area (Å²) in [6, 6.07) is 29.7. The Balaban J connectivity index is 1.57. The number of hydrogen-bond donors (Lipinski definition) is 2. The molecule has 178 valence electrons. The average Bonchev–Trinajstić information content (AvgIpc) is 3.60. The fourth-order valence-electron chi connectivity index (χ4n) is 3.49. The van der Waals surface area contributed by atoms with Crippen molar-refractivity contribution < 1.29 is 14.0 Å². The minimum atomic E-state index is -0.428. The summed E-state index contributed by atoms with van der Waals surface area (Å²) in [4.78, 5) is 32.0. The van der Waals surface area contributed by atoms with Crippen molar-refractivity contribution in [3.8, 4) is 0 Å². The highest BCUT2D eigenvalue weighted by molar-refractivity contribution is 8.09. The number of rotatable bonds is 8. The Hall–Kier alpha value is -4.14. The average molecular weight is 512 g/mol. The van der Waals surface area contributed by atoms with E-state index in [4.69, 9.17) is 9.40 Å². The molecule has 0 unspecified atom stereocenters. The van der Waals surface area contributed by atoms with Crippen molar-refractivity contribution in [2.75, 3.05) is 0 Å². The Morgan fingerprint density at radius 1 is 0.833 bits per heavy atom. The van der Waals surface area contributed by atoms with E-state index in [0.717, 1.165) is 20.1 Å². The summed E-state index contributed by atoms with van der Waals surface area (Å²) in [5.74, 6) is -0.197. The monoisotopic (exact) mass is 511 g/mol. The molecular weight excluding hydrogens is 490 g/mol. The van der Waals surface area contributed by atoms with Crippen LogP contribution in [0.5, 0.6) is 0 Å². The molecule has 36 heavy (non-hydrogen) atoms. The topological polar surface area (TPSA) is 84.2 Å². The van der Waals surface area contributed by atoms with E-state index in [-0.39, 0.29) is 18.1 Å². The number of thioether (sulfide) groups is 1. The maximum atomic E-state index is 13.5. The molecule has 2 aromatic heterocycles. The summed E-state index contributed by atoms with van der Waals surface area (Å²) in [6.45, 7) is 0.185. The van der Waals surface area contributed by atoms with Gasteiger partial charge in [0.15, 0.2) is 4.34 Å². The zero-order valence-corrected chi connectivity index (χ0v) is 20.6. The van der Waals surface area contributed by atoms with Crippen LogP contribution in [0, 0.1) is 0 Å². The highest BCUT2D eigenvalue weighted by Gasteiger charge is 2.23. The van der Waals surface area contributed by atoms with Crippen LogP contribution in [0.25, 0.3) is 15.1 Å². The molecule has 2 N–H and O–H groups in total. The molecule has 6 nitrogen and oxygen atoms in total. The van der Waals surface area contributed by atoms with Crippen LogP contribution in [-0.4, -0.2) is 16.8 Å². The summed E-state index contributed by atoms with van der Waals surface area (Å²) in [7, 11) is 0. The number of benzene rings is 3. The van der Waals surface area contributed by atoms with Gasteiger partial charge in [-0.3, -0.25) is 9.59 Å². The van der Waals surface area contributed by atoms with Gasteiger partial charge in [0, 0.05) is 5.56 Å². The molecule has 0 radical (unpaired) electrons. The SMILES string of the molecule is O=C(NCc1ccco1)/C(NC(=O)c1ccccc1)=C(\Sc1nc2ccccc2s1)c1ccccc1. The summed E-state index contributed by atoms with van der Waals surface area (Å²) in [5, 5.41) is 5.74. The van der Waals surface area contributed by atoms with Gasteiger partial charge in [-0.05, 0) is 42.0 Å². The van der Waals surface area contributed by atoms with E-state index in [1.807, 2.05) is 60.7 Å². The lowest BCUT2D eigenvalue weighted by Crippen LogP contribution is -2.35. The molecule has 2 heterocycles. The Morgan fingerprint density at radius 2 is 1.53 bits per heavy atom. The van der Waals surface area contributed by atoms with Crippen molar-refractivity contribution in [3.05, 3.63) is 126 Å². The van der Waals surface area contributed by atoms with E-state index in [1.54, 1.807) is 42.7 Å². The van der Waals surface area contributed by atoms with Gasteiger partial charge in [0.25, 0.3) is 11.8 Å². The molecule has 0 aliphatic heterocycles. The molecule has 0 bridgehead atoms. The lowest BCUT2D eigenvalue weighted by molar-refractivity contribution is -0.118. The molecule has 0 atom stereocenters. The van der Waals surface area contributed by atoms with Gasteiger partial charge in [-0.25, -0.2) is 4.98 Å². The fraction of sp³-hybridized carbons (Fsp3) is 0.0357. The van der Waals surface area contributed by atoms with Gasteiger partial charge in [0.1, 0.15) is 11.5 Å².